The van der Waals surface area contributed by atoms with E-state index < -0.39 is 0 Å². The normalized spacial score (nSPS) is 14.2. The fraction of sp³-hybridized carbons (Fsp3) is 0.200. The van der Waals surface area contributed by atoms with Crippen LogP contribution < -0.4 is 9.80 Å². The van der Waals surface area contributed by atoms with Gasteiger partial charge in [0.1, 0.15) is 11.6 Å². The highest BCUT2D eigenvalue weighted by Crippen LogP contribution is 2.33. The van der Waals surface area contributed by atoms with Gasteiger partial charge in [0.05, 0.1) is 27.2 Å². The van der Waals surface area contributed by atoms with E-state index in [0.717, 1.165) is 37.6 Å². The third kappa shape index (κ3) is 3.02. The molecular formula is C20H17N5O2. The van der Waals surface area contributed by atoms with Crippen molar-refractivity contribution in [3.05, 3.63) is 70.4 Å². The number of nitro benzene ring substituents is 1. The number of hydrogen-bond acceptors (Lipinski definition) is 6. The first-order valence-electron chi connectivity index (χ1n) is 8.70. The number of anilines is 2. The molecule has 1 fully saturated rings. The number of piperazine rings is 1. The fourth-order valence-corrected chi connectivity index (χ4v) is 3.59. The van der Waals surface area contributed by atoms with Gasteiger partial charge in [-0.15, -0.1) is 0 Å². The van der Waals surface area contributed by atoms with Crippen LogP contribution in [0, 0.1) is 21.4 Å². The van der Waals surface area contributed by atoms with Gasteiger partial charge < -0.3 is 9.80 Å². The summed E-state index contributed by atoms with van der Waals surface area (Å²) in [5.41, 5.74) is 3.25. The van der Waals surface area contributed by atoms with E-state index in [1.807, 2.05) is 24.3 Å². The quantitative estimate of drug-likeness (QED) is 0.526. The SMILES string of the molecule is N#Cc1ccccc1N1CCN(c2ccc([N+](=O)[O-])c3cccnc23)CC1. The van der Waals surface area contributed by atoms with Crippen molar-refractivity contribution in [3.8, 4) is 6.07 Å². The van der Waals surface area contributed by atoms with Crippen molar-refractivity contribution < 1.29 is 4.92 Å². The molecule has 0 amide bonds. The standard InChI is InChI=1S/C20H17N5O2/c21-14-15-4-1-2-6-17(15)23-10-12-24(13-11-23)19-8-7-18(25(26)27)16-5-3-9-22-20(16)19/h1-9H,10-13H2. The van der Waals surface area contributed by atoms with Crippen molar-refractivity contribution >= 4 is 28.0 Å². The number of non-ortho nitro benzene ring substituents is 1. The molecule has 0 saturated carbocycles. The van der Waals surface area contributed by atoms with Crippen LogP contribution in [-0.4, -0.2) is 36.1 Å². The number of aromatic nitrogens is 1. The molecule has 2 heterocycles. The van der Waals surface area contributed by atoms with Gasteiger partial charge in [-0.25, -0.2) is 0 Å². The minimum Gasteiger partial charge on any atom is -0.367 e. The van der Waals surface area contributed by atoms with Gasteiger partial charge in [0, 0.05) is 38.4 Å². The van der Waals surface area contributed by atoms with Gasteiger partial charge in [0.15, 0.2) is 0 Å². The second-order valence-corrected chi connectivity index (χ2v) is 6.36. The molecule has 0 bridgehead atoms. The molecule has 3 aromatic rings. The van der Waals surface area contributed by atoms with Crippen molar-refractivity contribution in [1.29, 1.82) is 5.26 Å². The molecule has 1 saturated heterocycles. The Morgan fingerprint density at radius 2 is 1.67 bits per heavy atom. The van der Waals surface area contributed by atoms with E-state index >= 15 is 0 Å². The highest BCUT2D eigenvalue weighted by Gasteiger charge is 2.23. The van der Waals surface area contributed by atoms with Crippen LogP contribution in [0.2, 0.25) is 0 Å². The van der Waals surface area contributed by atoms with E-state index in [9.17, 15) is 15.4 Å². The zero-order valence-electron chi connectivity index (χ0n) is 14.6. The maximum Gasteiger partial charge on any atom is 0.278 e. The third-order valence-corrected chi connectivity index (χ3v) is 4.91. The molecule has 7 nitrogen and oxygen atoms in total. The van der Waals surface area contributed by atoms with Crippen molar-refractivity contribution in [1.82, 2.24) is 4.98 Å². The van der Waals surface area contributed by atoms with Gasteiger partial charge in [-0.1, -0.05) is 12.1 Å². The van der Waals surface area contributed by atoms with Crippen LogP contribution in [0.15, 0.2) is 54.7 Å². The zero-order chi connectivity index (χ0) is 18.8. The molecule has 0 unspecified atom stereocenters. The Hall–Kier alpha value is -3.66. The lowest BCUT2D eigenvalue weighted by Gasteiger charge is -2.37. The summed E-state index contributed by atoms with van der Waals surface area (Å²) in [7, 11) is 0. The van der Waals surface area contributed by atoms with Crippen LogP contribution in [0.25, 0.3) is 10.9 Å². The van der Waals surface area contributed by atoms with Gasteiger partial charge in [-0.2, -0.15) is 5.26 Å². The second-order valence-electron chi connectivity index (χ2n) is 6.36. The minimum atomic E-state index is -0.370. The molecular weight excluding hydrogens is 342 g/mol. The van der Waals surface area contributed by atoms with Crippen LogP contribution in [0.3, 0.4) is 0 Å². The number of hydrogen-bond donors (Lipinski definition) is 0. The predicted molar refractivity (Wildman–Crippen MR) is 104 cm³/mol. The number of para-hydroxylation sites is 1. The average molecular weight is 359 g/mol. The van der Waals surface area contributed by atoms with Gasteiger partial charge in [-0.05, 0) is 30.3 Å². The first-order chi connectivity index (χ1) is 13.2. The number of nitriles is 1. The summed E-state index contributed by atoms with van der Waals surface area (Å²) < 4.78 is 0. The summed E-state index contributed by atoms with van der Waals surface area (Å²) in [6.07, 6.45) is 1.66. The Morgan fingerprint density at radius 3 is 2.37 bits per heavy atom. The highest BCUT2D eigenvalue weighted by atomic mass is 16.6. The van der Waals surface area contributed by atoms with Crippen LogP contribution in [0.5, 0.6) is 0 Å². The average Bonchev–Trinajstić information content (AvgIpc) is 2.73. The molecule has 7 heteroatoms. The van der Waals surface area contributed by atoms with Crippen LogP contribution >= 0.6 is 0 Å². The smallest absolute Gasteiger partial charge is 0.278 e. The lowest BCUT2D eigenvalue weighted by Crippen LogP contribution is -2.46. The molecule has 0 atom stereocenters. The second kappa shape index (κ2) is 6.92. The van der Waals surface area contributed by atoms with Gasteiger partial charge in [-0.3, -0.25) is 15.1 Å². The monoisotopic (exact) mass is 359 g/mol. The van der Waals surface area contributed by atoms with E-state index in [0.29, 0.717) is 16.5 Å². The lowest BCUT2D eigenvalue weighted by molar-refractivity contribution is -0.383. The number of benzene rings is 2. The van der Waals surface area contributed by atoms with E-state index in [-0.39, 0.29) is 10.6 Å². The molecule has 0 N–H and O–H groups in total. The molecule has 4 rings (SSSR count). The molecule has 1 aliphatic heterocycles. The van der Waals surface area contributed by atoms with Gasteiger partial charge >= 0.3 is 0 Å². The van der Waals surface area contributed by atoms with E-state index in [4.69, 9.17) is 0 Å². The molecule has 1 aromatic heterocycles. The largest absolute Gasteiger partial charge is 0.367 e. The Bertz CT molecular complexity index is 1050. The summed E-state index contributed by atoms with van der Waals surface area (Å²) in [6.45, 7) is 3.04. The minimum absolute atomic E-state index is 0.0726. The van der Waals surface area contributed by atoms with Crippen molar-refractivity contribution in [2.24, 2.45) is 0 Å². The van der Waals surface area contributed by atoms with Crippen LogP contribution in [-0.2, 0) is 0 Å². The van der Waals surface area contributed by atoms with Crippen molar-refractivity contribution in [2.75, 3.05) is 36.0 Å². The highest BCUT2D eigenvalue weighted by molar-refractivity contribution is 5.97. The van der Waals surface area contributed by atoms with E-state index in [1.54, 1.807) is 30.5 Å². The Morgan fingerprint density at radius 1 is 0.963 bits per heavy atom. The number of nitrogens with zero attached hydrogens (tertiary/aromatic N) is 5. The Labute approximate surface area is 156 Å². The molecule has 0 aliphatic carbocycles. The maximum atomic E-state index is 11.3. The van der Waals surface area contributed by atoms with Crippen LogP contribution in [0.4, 0.5) is 17.1 Å². The van der Waals surface area contributed by atoms with Crippen molar-refractivity contribution in [2.45, 2.75) is 0 Å². The van der Waals surface area contributed by atoms with Crippen LogP contribution in [0.1, 0.15) is 5.56 Å². The molecule has 134 valence electrons. The van der Waals surface area contributed by atoms with Gasteiger partial charge in [0.2, 0.25) is 0 Å². The fourth-order valence-electron chi connectivity index (χ4n) is 3.59. The maximum absolute atomic E-state index is 11.3. The number of rotatable bonds is 3. The van der Waals surface area contributed by atoms with Gasteiger partial charge in [0.25, 0.3) is 5.69 Å². The molecule has 0 radical (unpaired) electrons. The summed E-state index contributed by atoms with van der Waals surface area (Å²) in [6, 6.07) is 16.6. The first-order valence-corrected chi connectivity index (χ1v) is 8.70. The Kier molecular flexibility index (Phi) is 4.30. The van der Waals surface area contributed by atoms with E-state index in [1.165, 1.54) is 0 Å². The van der Waals surface area contributed by atoms with E-state index in [2.05, 4.69) is 20.9 Å². The molecule has 27 heavy (non-hydrogen) atoms. The summed E-state index contributed by atoms with van der Waals surface area (Å²) in [5, 5.41) is 21.2. The number of nitro groups is 1. The topological polar surface area (TPSA) is 86.3 Å². The number of pyridine rings is 1. The predicted octanol–water partition coefficient (Wildman–Crippen LogP) is 3.34. The van der Waals surface area contributed by atoms with Crippen molar-refractivity contribution in [3.63, 3.8) is 0 Å². The zero-order valence-corrected chi connectivity index (χ0v) is 14.6. The Balaban J connectivity index is 1.61. The third-order valence-electron chi connectivity index (χ3n) is 4.91. The first kappa shape index (κ1) is 16.8. The summed E-state index contributed by atoms with van der Waals surface area (Å²) >= 11 is 0. The molecule has 2 aromatic carbocycles. The number of fused-ring (bicyclic) bond motifs is 1. The summed E-state index contributed by atoms with van der Waals surface area (Å²) in [4.78, 5) is 19.7. The summed E-state index contributed by atoms with van der Waals surface area (Å²) in [5.74, 6) is 0. The lowest BCUT2D eigenvalue weighted by atomic mass is 10.1. The molecule has 0 spiro atoms. The molecule has 1 aliphatic rings.